The second kappa shape index (κ2) is 5.58. The highest BCUT2D eigenvalue weighted by atomic mass is 16.5. The van der Waals surface area contributed by atoms with E-state index in [1.165, 1.54) is 25.7 Å². The van der Waals surface area contributed by atoms with Crippen molar-refractivity contribution in [2.45, 2.75) is 38.1 Å². The first-order valence-electron chi connectivity index (χ1n) is 5.20. The van der Waals surface area contributed by atoms with Crippen molar-refractivity contribution in [2.24, 2.45) is 0 Å². The van der Waals surface area contributed by atoms with E-state index in [1.54, 1.807) is 0 Å². The lowest BCUT2D eigenvalue weighted by molar-refractivity contribution is 0.0900. The summed E-state index contributed by atoms with van der Waals surface area (Å²) in [5.74, 6) is 0. The van der Waals surface area contributed by atoms with Crippen LogP contribution in [-0.4, -0.2) is 37.0 Å². The summed E-state index contributed by atoms with van der Waals surface area (Å²) in [6.45, 7) is 4.47. The molecule has 0 unspecified atom stereocenters. The molecular formula is C10H21NO2. The summed E-state index contributed by atoms with van der Waals surface area (Å²) in [7, 11) is 0. The van der Waals surface area contributed by atoms with E-state index in [0.717, 1.165) is 6.54 Å². The Balaban J connectivity index is 1.98. The van der Waals surface area contributed by atoms with Gasteiger partial charge in [-0.25, -0.2) is 0 Å². The number of nitrogens with one attached hydrogen (secondary N) is 1. The molecule has 0 atom stereocenters. The van der Waals surface area contributed by atoms with Crippen LogP contribution in [0.25, 0.3) is 0 Å². The van der Waals surface area contributed by atoms with E-state index in [4.69, 9.17) is 9.84 Å². The molecule has 1 saturated carbocycles. The maximum atomic E-state index is 8.48. The number of aliphatic hydroxyl groups is 1. The van der Waals surface area contributed by atoms with Gasteiger partial charge >= 0.3 is 0 Å². The third kappa shape index (κ3) is 4.07. The van der Waals surface area contributed by atoms with Gasteiger partial charge in [0.25, 0.3) is 0 Å². The summed E-state index contributed by atoms with van der Waals surface area (Å²) in [5, 5.41) is 12.0. The Morgan fingerprint density at radius 3 is 2.62 bits per heavy atom. The lowest BCUT2D eigenvalue weighted by Gasteiger charge is -2.25. The van der Waals surface area contributed by atoms with Crippen LogP contribution >= 0.6 is 0 Å². The molecule has 78 valence electrons. The SMILES string of the molecule is CC1(NCCOCCO)CCCC1. The van der Waals surface area contributed by atoms with Gasteiger partial charge in [0, 0.05) is 12.1 Å². The number of rotatable bonds is 6. The van der Waals surface area contributed by atoms with Crippen LogP contribution in [0.3, 0.4) is 0 Å². The van der Waals surface area contributed by atoms with Gasteiger partial charge in [0.15, 0.2) is 0 Å². The predicted molar refractivity (Wildman–Crippen MR) is 52.8 cm³/mol. The van der Waals surface area contributed by atoms with Crippen LogP contribution in [0.1, 0.15) is 32.6 Å². The summed E-state index contributed by atoms with van der Waals surface area (Å²) in [6.07, 6.45) is 5.27. The molecule has 0 aromatic heterocycles. The predicted octanol–water partition coefficient (Wildman–Crippen LogP) is 0.918. The minimum Gasteiger partial charge on any atom is -0.394 e. The van der Waals surface area contributed by atoms with Crippen LogP contribution in [0.15, 0.2) is 0 Å². The van der Waals surface area contributed by atoms with Crippen LogP contribution in [0.5, 0.6) is 0 Å². The summed E-state index contributed by atoms with van der Waals surface area (Å²) in [6, 6.07) is 0. The van der Waals surface area contributed by atoms with Gasteiger partial charge in [-0.15, -0.1) is 0 Å². The van der Waals surface area contributed by atoms with E-state index in [0.29, 0.717) is 18.8 Å². The molecule has 1 fully saturated rings. The van der Waals surface area contributed by atoms with Gasteiger partial charge < -0.3 is 15.2 Å². The van der Waals surface area contributed by atoms with Crippen molar-refractivity contribution in [2.75, 3.05) is 26.4 Å². The Labute approximate surface area is 80.5 Å². The molecule has 0 aliphatic heterocycles. The summed E-state index contributed by atoms with van der Waals surface area (Å²) >= 11 is 0. The third-order valence-electron chi connectivity index (χ3n) is 2.74. The maximum absolute atomic E-state index is 8.48. The van der Waals surface area contributed by atoms with Gasteiger partial charge in [-0.2, -0.15) is 0 Å². The van der Waals surface area contributed by atoms with Crippen molar-refractivity contribution in [3.8, 4) is 0 Å². The summed E-state index contributed by atoms with van der Waals surface area (Å²) in [4.78, 5) is 0. The molecule has 0 heterocycles. The number of aliphatic hydroxyl groups excluding tert-OH is 1. The summed E-state index contributed by atoms with van der Waals surface area (Å²) in [5.41, 5.74) is 0.350. The molecule has 0 saturated heterocycles. The van der Waals surface area contributed by atoms with Crippen molar-refractivity contribution < 1.29 is 9.84 Å². The van der Waals surface area contributed by atoms with Gasteiger partial charge in [-0.05, 0) is 19.8 Å². The fourth-order valence-electron chi connectivity index (χ4n) is 1.92. The van der Waals surface area contributed by atoms with E-state index in [-0.39, 0.29) is 6.61 Å². The highest BCUT2D eigenvalue weighted by Crippen LogP contribution is 2.28. The average molecular weight is 187 g/mol. The fraction of sp³-hybridized carbons (Fsp3) is 1.00. The first-order chi connectivity index (χ1) is 6.27. The van der Waals surface area contributed by atoms with Crippen molar-refractivity contribution >= 4 is 0 Å². The zero-order chi connectivity index (χ0) is 9.57. The minimum atomic E-state index is 0.122. The fourth-order valence-corrected chi connectivity index (χ4v) is 1.92. The number of ether oxygens (including phenoxy) is 1. The standard InChI is InChI=1S/C10H21NO2/c1-10(4-2-3-5-10)11-6-8-13-9-7-12/h11-12H,2-9H2,1H3. The molecule has 1 aliphatic carbocycles. The molecule has 0 amide bonds. The van der Waals surface area contributed by atoms with Crippen LogP contribution in [0.4, 0.5) is 0 Å². The second-order valence-electron chi connectivity index (χ2n) is 4.03. The molecule has 0 radical (unpaired) electrons. The first-order valence-corrected chi connectivity index (χ1v) is 5.20. The van der Waals surface area contributed by atoms with Crippen molar-refractivity contribution in [1.29, 1.82) is 0 Å². The first kappa shape index (κ1) is 11.0. The third-order valence-corrected chi connectivity index (χ3v) is 2.74. The van der Waals surface area contributed by atoms with Crippen molar-refractivity contribution in [3.63, 3.8) is 0 Å². The monoisotopic (exact) mass is 187 g/mol. The Morgan fingerprint density at radius 2 is 2.00 bits per heavy atom. The molecule has 3 heteroatoms. The van der Waals surface area contributed by atoms with Gasteiger partial charge in [-0.1, -0.05) is 12.8 Å². The van der Waals surface area contributed by atoms with Gasteiger partial charge in [0.1, 0.15) is 0 Å². The molecule has 0 aromatic rings. The Hall–Kier alpha value is -0.120. The Morgan fingerprint density at radius 1 is 1.31 bits per heavy atom. The van der Waals surface area contributed by atoms with E-state index in [2.05, 4.69) is 12.2 Å². The molecule has 0 bridgehead atoms. The molecular weight excluding hydrogens is 166 g/mol. The van der Waals surface area contributed by atoms with Crippen molar-refractivity contribution in [1.82, 2.24) is 5.32 Å². The highest BCUT2D eigenvalue weighted by Gasteiger charge is 2.27. The Bertz CT molecular complexity index is 133. The van der Waals surface area contributed by atoms with Gasteiger partial charge in [0.2, 0.25) is 0 Å². The topological polar surface area (TPSA) is 41.5 Å². The molecule has 0 aromatic carbocycles. The molecule has 13 heavy (non-hydrogen) atoms. The van der Waals surface area contributed by atoms with Crippen molar-refractivity contribution in [3.05, 3.63) is 0 Å². The van der Waals surface area contributed by atoms with E-state index in [1.807, 2.05) is 0 Å². The number of hydrogen-bond acceptors (Lipinski definition) is 3. The van der Waals surface area contributed by atoms with Crippen LogP contribution in [0, 0.1) is 0 Å². The molecule has 2 N–H and O–H groups in total. The van der Waals surface area contributed by atoms with E-state index >= 15 is 0 Å². The quantitative estimate of drug-likeness (QED) is 0.607. The zero-order valence-electron chi connectivity index (χ0n) is 8.51. The average Bonchev–Trinajstić information content (AvgIpc) is 2.53. The lowest BCUT2D eigenvalue weighted by atomic mass is 10.0. The molecule has 0 spiro atoms. The normalized spacial score (nSPS) is 20.8. The van der Waals surface area contributed by atoms with Crippen LogP contribution in [-0.2, 0) is 4.74 Å². The summed E-state index contributed by atoms with van der Waals surface area (Å²) < 4.78 is 5.18. The van der Waals surface area contributed by atoms with E-state index in [9.17, 15) is 0 Å². The maximum Gasteiger partial charge on any atom is 0.0698 e. The van der Waals surface area contributed by atoms with Crippen LogP contribution < -0.4 is 5.32 Å². The molecule has 1 rings (SSSR count). The zero-order valence-corrected chi connectivity index (χ0v) is 8.51. The largest absolute Gasteiger partial charge is 0.394 e. The molecule has 3 nitrogen and oxygen atoms in total. The second-order valence-corrected chi connectivity index (χ2v) is 4.03. The van der Waals surface area contributed by atoms with Gasteiger partial charge in [0.05, 0.1) is 19.8 Å². The number of hydrogen-bond donors (Lipinski definition) is 2. The highest BCUT2D eigenvalue weighted by molar-refractivity contribution is 4.87. The Kier molecular flexibility index (Phi) is 4.70. The van der Waals surface area contributed by atoms with E-state index < -0.39 is 0 Å². The minimum absolute atomic E-state index is 0.122. The van der Waals surface area contributed by atoms with Crippen LogP contribution in [0.2, 0.25) is 0 Å². The lowest BCUT2D eigenvalue weighted by Crippen LogP contribution is -2.41. The smallest absolute Gasteiger partial charge is 0.0698 e. The molecule has 1 aliphatic rings. The van der Waals surface area contributed by atoms with Gasteiger partial charge in [-0.3, -0.25) is 0 Å².